The van der Waals surface area contributed by atoms with Crippen LogP contribution in [0.4, 0.5) is 5.69 Å². The van der Waals surface area contributed by atoms with Crippen molar-refractivity contribution in [3.8, 4) is 5.75 Å². The average molecular weight is 366 g/mol. The predicted molar refractivity (Wildman–Crippen MR) is 101 cm³/mol. The van der Waals surface area contributed by atoms with Crippen LogP contribution in [-0.4, -0.2) is 56.2 Å². The molecule has 2 aromatic carbocycles. The summed E-state index contributed by atoms with van der Waals surface area (Å²) in [7, 11) is 1.65. The van der Waals surface area contributed by atoms with E-state index in [0.29, 0.717) is 25.1 Å². The van der Waals surface area contributed by atoms with E-state index in [1.807, 2.05) is 36.4 Å². The van der Waals surface area contributed by atoms with Crippen LogP contribution in [0.2, 0.25) is 0 Å². The first-order chi connectivity index (χ1) is 13.2. The van der Waals surface area contributed by atoms with Gasteiger partial charge in [0, 0.05) is 44.4 Å². The number of nitrogens with zero attached hydrogens (tertiary/aromatic N) is 2. The summed E-state index contributed by atoms with van der Waals surface area (Å²) >= 11 is 0. The van der Waals surface area contributed by atoms with Crippen LogP contribution in [0.1, 0.15) is 15.9 Å². The molecule has 4 rings (SSSR count). The van der Waals surface area contributed by atoms with E-state index in [1.165, 1.54) is 0 Å². The minimum absolute atomic E-state index is 0.108. The van der Waals surface area contributed by atoms with Gasteiger partial charge in [-0.25, -0.2) is 4.79 Å². The second-order valence-electron chi connectivity index (χ2n) is 6.77. The number of hydrogen-bond acceptors (Lipinski definition) is 5. The lowest BCUT2D eigenvalue weighted by Gasteiger charge is -2.38. The van der Waals surface area contributed by atoms with Gasteiger partial charge in [-0.15, -0.1) is 0 Å². The molecule has 1 saturated heterocycles. The van der Waals surface area contributed by atoms with Gasteiger partial charge in [-0.2, -0.15) is 0 Å². The lowest BCUT2D eigenvalue weighted by atomic mass is 9.98. The average Bonchev–Trinajstić information content (AvgIpc) is 2.73. The van der Waals surface area contributed by atoms with Gasteiger partial charge in [0.05, 0.1) is 12.7 Å². The van der Waals surface area contributed by atoms with Crippen molar-refractivity contribution < 1.29 is 19.1 Å². The Hall–Kier alpha value is -3.02. The van der Waals surface area contributed by atoms with Gasteiger partial charge in [-0.3, -0.25) is 4.79 Å². The number of hydrogen-bond donors (Lipinski definition) is 0. The van der Waals surface area contributed by atoms with Crippen molar-refractivity contribution in [1.29, 1.82) is 0 Å². The highest BCUT2D eigenvalue weighted by atomic mass is 16.5. The van der Waals surface area contributed by atoms with Crippen LogP contribution in [0.15, 0.2) is 48.5 Å². The standard InChI is InChI=1S/C21H22N2O4/c1-26-17-7-4-6-16(14-17)22-9-11-23(12-10-22)20(24)19-13-15-5-2-3-8-18(15)21(25)27-19/h2-8,14,19H,9-13H2,1H3. The number of amides is 1. The quantitative estimate of drug-likeness (QED) is 0.779. The molecule has 0 spiro atoms. The molecule has 6 nitrogen and oxygen atoms in total. The number of carbonyl (C=O) groups is 2. The van der Waals surface area contributed by atoms with Crippen LogP contribution in [0.25, 0.3) is 0 Å². The van der Waals surface area contributed by atoms with Gasteiger partial charge in [0.1, 0.15) is 5.75 Å². The van der Waals surface area contributed by atoms with E-state index in [9.17, 15) is 9.59 Å². The van der Waals surface area contributed by atoms with Gasteiger partial charge in [0.25, 0.3) is 5.91 Å². The van der Waals surface area contributed by atoms with Gasteiger partial charge in [-0.05, 0) is 23.8 Å². The maximum atomic E-state index is 12.9. The zero-order valence-electron chi connectivity index (χ0n) is 15.3. The molecule has 0 bridgehead atoms. The zero-order valence-corrected chi connectivity index (χ0v) is 15.3. The van der Waals surface area contributed by atoms with E-state index < -0.39 is 12.1 Å². The van der Waals surface area contributed by atoms with E-state index in [-0.39, 0.29) is 5.91 Å². The Morgan fingerprint density at radius 1 is 1.07 bits per heavy atom. The Labute approximate surface area is 158 Å². The molecule has 0 radical (unpaired) electrons. The number of ether oxygens (including phenoxy) is 2. The smallest absolute Gasteiger partial charge is 0.339 e. The summed E-state index contributed by atoms with van der Waals surface area (Å²) in [5.74, 6) is 0.298. The Morgan fingerprint density at radius 3 is 2.63 bits per heavy atom. The lowest BCUT2D eigenvalue weighted by molar-refractivity contribution is -0.141. The molecular weight excluding hydrogens is 344 g/mol. The first-order valence-electron chi connectivity index (χ1n) is 9.12. The summed E-state index contributed by atoms with van der Waals surface area (Å²) in [5.41, 5.74) is 2.52. The first-order valence-corrected chi connectivity index (χ1v) is 9.12. The molecule has 1 atom stereocenters. The number of carbonyl (C=O) groups excluding carboxylic acids is 2. The minimum Gasteiger partial charge on any atom is -0.497 e. The van der Waals surface area contributed by atoms with Crippen molar-refractivity contribution >= 4 is 17.6 Å². The third-order valence-corrected chi connectivity index (χ3v) is 5.18. The molecule has 0 saturated carbocycles. The molecule has 2 aromatic rings. The van der Waals surface area contributed by atoms with Crippen molar-refractivity contribution in [3.63, 3.8) is 0 Å². The molecule has 6 heteroatoms. The Morgan fingerprint density at radius 2 is 1.85 bits per heavy atom. The molecule has 0 aromatic heterocycles. The number of methoxy groups -OCH3 is 1. The number of rotatable bonds is 3. The van der Waals surface area contributed by atoms with E-state index in [4.69, 9.17) is 9.47 Å². The molecule has 0 N–H and O–H groups in total. The molecule has 0 aliphatic carbocycles. The fourth-order valence-corrected chi connectivity index (χ4v) is 3.67. The van der Waals surface area contributed by atoms with Crippen LogP contribution in [0.5, 0.6) is 5.75 Å². The van der Waals surface area contributed by atoms with Crippen molar-refractivity contribution in [3.05, 3.63) is 59.7 Å². The minimum atomic E-state index is -0.726. The van der Waals surface area contributed by atoms with E-state index in [2.05, 4.69) is 4.90 Å². The summed E-state index contributed by atoms with van der Waals surface area (Å²) < 4.78 is 10.7. The third kappa shape index (κ3) is 3.47. The predicted octanol–water partition coefficient (Wildman–Crippen LogP) is 2.13. The molecule has 1 fully saturated rings. The number of fused-ring (bicyclic) bond motifs is 1. The van der Waals surface area contributed by atoms with E-state index in [1.54, 1.807) is 24.1 Å². The highest BCUT2D eigenvalue weighted by Crippen LogP contribution is 2.24. The number of benzene rings is 2. The van der Waals surface area contributed by atoms with Crippen molar-refractivity contribution in [2.75, 3.05) is 38.2 Å². The van der Waals surface area contributed by atoms with Crippen molar-refractivity contribution in [1.82, 2.24) is 4.90 Å². The molecule has 140 valence electrons. The largest absolute Gasteiger partial charge is 0.497 e. The lowest BCUT2D eigenvalue weighted by Crippen LogP contribution is -2.53. The van der Waals surface area contributed by atoms with E-state index >= 15 is 0 Å². The first kappa shape index (κ1) is 17.4. The number of esters is 1. The number of piperazine rings is 1. The Bertz CT molecular complexity index is 859. The van der Waals surface area contributed by atoms with Crippen molar-refractivity contribution in [2.24, 2.45) is 0 Å². The highest BCUT2D eigenvalue weighted by molar-refractivity contribution is 5.95. The van der Waals surface area contributed by atoms with Gasteiger partial charge in [0.2, 0.25) is 0 Å². The van der Waals surface area contributed by atoms with E-state index in [0.717, 1.165) is 30.1 Å². The second kappa shape index (κ2) is 7.31. The maximum Gasteiger partial charge on any atom is 0.339 e. The molecule has 1 amide bonds. The van der Waals surface area contributed by atoms with Crippen LogP contribution in [0, 0.1) is 0 Å². The number of cyclic esters (lactones) is 1. The highest BCUT2D eigenvalue weighted by Gasteiger charge is 2.34. The molecule has 27 heavy (non-hydrogen) atoms. The van der Waals surface area contributed by atoms with Gasteiger partial charge >= 0.3 is 5.97 Å². The monoisotopic (exact) mass is 366 g/mol. The molecule has 2 aliphatic heterocycles. The molecular formula is C21H22N2O4. The normalized spacial score (nSPS) is 19.3. The summed E-state index contributed by atoms with van der Waals surface area (Å²) in [5, 5.41) is 0. The second-order valence-corrected chi connectivity index (χ2v) is 6.77. The summed E-state index contributed by atoms with van der Waals surface area (Å²) in [4.78, 5) is 29.1. The van der Waals surface area contributed by atoms with Gasteiger partial charge < -0.3 is 19.3 Å². The maximum absolute atomic E-state index is 12.9. The summed E-state index contributed by atoms with van der Waals surface area (Å²) in [6.45, 7) is 2.67. The molecule has 2 aliphatic rings. The van der Waals surface area contributed by atoms with Crippen LogP contribution < -0.4 is 9.64 Å². The molecule has 2 heterocycles. The topological polar surface area (TPSA) is 59.1 Å². The van der Waals surface area contributed by atoms with Crippen LogP contribution in [0.3, 0.4) is 0 Å². The molecule has 1 unspecified atom stereocenters. The third-order valence-electron chi connectivity index (χ3n) is 5.18. The SMILES string of the molecule is COc1cccc(N2CCN(C(=O)C3Cc4ccccc4C(=O)O3)CC2)c1. The Kier molecular flexibility index (Phi) is 4.71. The van der Waals surface area contributed by atoms with Crippen molar-refractivity contribution in [2.45, 2.75) is 12.5 Å². The van der Waals surface area contributed by atoms with Crippen LogP contribution in [-0.2, 0) is 16.0 Å². The van der Waals surface area contributed by atoms with Gasteiger partial charge in [0.15, 0.2) is 6.10 Å². The Balaban J connectivity index is 1.40. The summed E-state index contributed by atoms with van der Waals surface area (Å²) in [6, 6.07) is 15.2. The number of anilines is 1. The fraction of sp³-hybridized carbons (Fsp3) is 0.333. The summed E-state index contributed by atoms with van der Waals surface area (Å²) in [6.07, 6.45) is -0.285. The van der Waals surface area contributed by atoms with Gasteiger partial charge in [-0.1, -0.05) is 24.3 Å². The zero-order chi connectivity index (χ0) is 18.8. The fourth-order valence-electron chi connectivity index (χ4n) is 3.67. The van der Waals surface area contributed by atoms with Crippen LogP contribution >= 0.6 is 0 Å².